The Hall–Kier alpha value is -3.47. The molecule has 5 nitrogen and oxygen atoms in total. The first-order valence-corrected chi connectivity index (χ1v) is 7.31. The number of rotatable bonds is 2. The highest BCUT2D eigenvalue weighted by molar-refractivity contribution is 6.51. The summed E-state index contributed by atoms with van der Waals surface area (Å²) in [6, 6.07) is 11.8. The third kappa shape index (κ3) is 1.91. The molecule has 1 aliphatic rings. The van der Waals surface area contributed by atoms with E-state index in [0.717, 1.165) is 0 Å². The molecule has 0 atom stereocenters. The van der Waals surface area contributed by atoms with Gasteiger partial charge in [0.2, 0.25) is 11.6 Å². The molecule has 2 N–H and O–H groups in total. The number of aromatic amines is 1. The molecule has 5 heteroatoms. The van der Waals surface area contributed by atoms with Gasteiger partial charge in [-0.1, -0.05) is 30.3 Å². The van der Waals surface area contributed by atoms with Crippen molar-refractivity contribution in [3.63, 3.8) is 0 Å². The van der Waals surface area contributed by atoms with Crippen molar-refractivity contribution in [3.8, 4) is 0 Å². The summed E-state index contributed by atoms with van der Waals surface area (Å²) in [6.07, 6.45) is 2.95. The summed E-state index contributed by atoms with van der Waals surface area (Å²) >= 11 is 0. The maximum atomic E-state index is 12.1. The van der Waals surface area contributed by atoms with Gasteiger partial charge in [-0.3, -0.25) is 9.59 Å². The highest BCUT2D eigenvalue weighted by atomic mass is 16.4. The second-order valence-electron chi connectivity index (χ2n) is 5.53. The molecule has 0 saturated carbocycles. The number of carboxylic acid groups (broad SMARTS) is 1. The van der Waals surface area contributed by atoms with E-state index in [-0.39, 0.29) is 5.56 Å². The molecule has 3 aromatic rings. The van der Waals surface area contributed by atoms with Crippen LogP contribution in [0.4, 0.5) is 0 Å². The topological polar surface area (TPSA) is 87.2 Å². The van der Waals surface area contributed by atoms with Gasteiger partial charge in [-0.2, -0.15) is 0 Å². The van der Waals surface area contributed by atoms with Crippen LogP contribution in [0.5, 0.6) is 0 Å². The smallest absolute Gasteiger partial charge is 0.336 e. The zero-order chi connectivity index (χ0) is 16.8. The maximum Gasteiger partial charge on any atom is 0.336 e. The Kier molecular flexibility index (Phi) is 2.96. The van der Waals surface area contributed by atoms with Crippen LogP contribution >= 0.6 is 0 Å². The van der Waals surface area contributed by atoms with Gasteiger partial charge in [-0.05, 0) is 29.3 Å². The van der Waals surface area contributed by atoms with Gasteiger partial charge in [0.15, 0.2) is 0 Å². The summed E-state index contributed by atoms with van der Waals surface area (Å²) in [6.45, 7) is 0. The van der Waals surface area contributed by atoms with Crippen molar-refractivity contribution in [2.45, 2.75) is 0 Å². The summed E-state index contributed by atoms with van der Waals surface area (Å²) in [7, 11) is 0. The van der Waals surface area contributed by atoms with Crippen LogP contribution in [0.25, 0.3) is 16.5 Å². The number of carbonyl (C=O) groups is 3. The van der Waals surface area contributed by atoms with E-state index in [9.17, 15) is 19.5 Å². The second kappa shape index (κ2) is 5.03. The molecule has 0 radical (unpaired) electrons. The molecule has 0 bridgehead atoms. The number of carbonyl (C=O) groups excluding carboxylic acids is 2. The molecule has 0 aliphatic heterocycles. The predicted octanol–water partition coefficient (Wildman–Crippen LogP) is 3.06. The van der Waals surface area contributed by atoms with Crippen LogP contribution in [0.15, 0.2) is 54.7 Å². The lowest BCUT2D eigenvalue weighted by molar-refractivity contribution is -0.111. The highest BCUT2D eigenvalue weighted by Crippen LogP contribution is 2.35. The number of carboxylic acids is 1. The molecule has 1 heterocycles. The van der Waals surface area contributed by atoms with Crippen LogP contribution in [-0.2, 0) is 4.79 Å². The molecule has 0 amide bonds. The number of aromatic nitrogens is 1. The fourth-order valence-electron chi connectivity index (χ4n) is 3.12. The zero-order valence-electron chi connectivity index (χ0n) is 12.4. The maximum absolute atomic E-state index is 12.1. The highest BCUT2D eigenvalue weighted by Gasteiger charge is 2.28. The quantitative estimate of drug-likeness (QED) is 0.711. The Morgan fingerprint density at radius 1 is 0.917 bits per heavy atom. The van der Waals surface area contributed by atoms with Crippen molar-refractivity contribution < 1.29 is 19.5 Å². The summed E-state index contributed by atoms with van der Waals surface area (Å²) in [5.41, 5.74) is 2.91. The molecule has 2 aromatic carbocycles. The first-order chi connectivity index (χ1) is 11.6. The Balaban J connectivity index is 2.05. The second-order valence-corrected chi connectivity index (χ2v) is 5.53. The van der Waals surface area contributed by atoms with Gasteiger partial charge < -0.3 is 10.1 Å². The molecule has 1 aliphatic carbocycles. The number of benzene rings is 2. The average Bonchev–Trinajstić information content (AvgIpc) is 3.02. The van der Waals surface area contributed by atoms with Crippen LogP contribution in [0, 0.1) is 0 Å². The van der Waals surface area contributed by atoms with Crippen molar-refractivity contribution in [2.75, 3.05) is 0 Å². The molecule has 0 unspecified atom stereocenters. The first-order valence-electron chi connectivity index (χ1n) is 7.31. The normalized spacial score (nSPS) is 13.8. The minimum absolute atomic E-state index is 0.145. The first kappa shape index (κ1) is 14.1. The standard InChI is InChI=1S/C19H11NO4/c21-16-8-13(10-4-1-2-5-11(10)18(16)22)14-9-20-15-7-3-6-12(17(14)15)19(23)24/h1-9,20H,(H,23,24). The Bertz CT molecular complexity index is 1070. The fourth-order valence-corrected chi connectivity index (χ4v) is 3.12. The molecule has 4 rings (SSSR count). The van der Waals surface area contributed by atoms with E-state index in [1.165, 1.54) is 12.1 Å². The van der Waals surface area contributed by atoms with Gasteiger partial charge in [0, 0.05) is 28.2 Å². The van der Waals surface area contributed by atoms with E-state index in [1.807, 2.05) is 0 Å². The number of allylic oxidation sites excluding steroid dienone is 1. The molecule has 0 fully saturated rings. The van der Waals surface area contributed by atoms with E-state index in [1.54, 1.807) is 42.6 Å². The molecule has 0 spiro atoms. The lowest BCUT2D eigenvalue weighted by Gasteiger charge is -2.16. The number of H-pyrrole nitrogens is 1. The van der Waals surface area contributed by atoms with Gasteiger partial charge in [0.05, 0.1) is 5.56 Å². The lowest BCUT2D eigenvalue weighted by atomic mass is 9.85. The van der Waals surface area contributed by atoms with Gasteiger partial charge in [-0.25, -0.2) is 4.79 Å². The Labute approximate surface area is 136 Å². The number of hydrogen-bond donors (Lipinski definition) is 2. The fraction of sp³-hybridized carbons (Fsp3) is 0. The van der Waals surface area contributed by atoms with Crippen molar-refractivity contribution >= 4 is 34.0 Å². The van der Waals surface area contributed by atoms with Gasteiger partial charge in [-0.15, -0.1) is 0 Å². The van der Waals surface area contributed by atoms with Crippen LogP contribution in [0.3, 0.4) is 0 Å². The number of ketones is 2. The van der Waals surface area contributed by atoms with Gasteiger partial charge in [0.25, 0.3) is 0 Å². The molecular weight excluding hydrogens is 306 g/mol. The molecular formula is C19H11NO4. The van der Waals surface area contributed by atoms with Gasteiger partial charge in [0.1, 0.15) is 0 Å². The number of Topliss-reactive ketones (excluding diaryl/α,β-unsaturated/α-hetero) is 1. The minimum Gasteiger partial charge on any atom is -0.478 e. The van der Waals surface area contributed by atoms with Crippen LogP contribution < -0.4 is 0 Å². The average molecular weight is 317 g/mol. The molecule has 24 heavy (non-hydrogen) atoms. The van der Waals surface area contributed by atoms with Crippen molar-refractivity contribution in [3.05, 3.63) is 77.0 Å². The number of fused-ring (bicyclic) bond motifs is 2. The third-order valence-corrected chi connectivity index (χ3v) is 4.19. The Morgan fingerprint density at radius 2 is 1.67 bits per heavy atom. The molecule has 0 saturated heterocycles. The third-order valence-electron chi connectivity index (χ3n) is 4.19. The summed E-state index contributed by atoms with van der Waals surface area (Å²) in [4.78, 5) is 38.7. The van der Waals surface area contributed by atoms with Crippen molar-refractivity contribution in [2.24, 2.45) is 0 Å². The van der Waals surface area contributed by atoms with Gasteiger partial charge >= 0.3 is 5.97 Å². The Morgan fingerprint density at radius 3 is 2.42 bits per heavy atom. The largest absolute Gasteiger partial charge is 0.478 e. The van der Waals surface area contributed by atoms with E-state index in [4.69, 9.17) is 0 Å². The monoisotopic (exact) mass is 317 g/mol. The molecule has 1 aromatic heterocycles. The molecule has 116 valence electrons. The minimum atomic E-state index is -1.05. The number of aromatic carboxylic acids is 1. The van der Waals surface area contributed by atoms with Crippen LogP contribution in [0.2, 0.25) is 0 Å². The number of nitrogens with one attached hydrogen (secondary N) is 1. The SMILES string of the molecule is O=C1C=C(c2c[nH]c3cccc(C(=O)O)c23)c2ccccc2C1=O. The van der Waals surface area contributed by atoms with Crippen LogP contribution in [0.1, 0.15) is 31.8 Å². The summed E-state index contributed by atoms with van der Waals surface area (Å²) in [5.74, 6) is -2.20. The zero-order valence-corrected chi connectivity index (χ0v) is 12.4. The lowest BCUT2D eigenvalue weighted by Crippen LogP contribution is -2.18. The van der Waals surface area contributed by atoms with E-state index in [0.29, 0.717) is 33.2 Å². The number of hydrogen-bond acceptors (Lipinski definition) is 3. The van der Waals surface area contributed by atoms with E-state index in [2.05, 4.69) is 4.98 Å². The van der Waals surface area contributed by atoms with Crippen molar-refractivity contribution in [1.82, 2.24) is 4.98 Å². The van der Waals surface area contributed by atoms with E-state index >= 15 is 0 Å². The summed E-state index contributed by atoms with van der Waals surface area (Å²) in [5, 5.41) is 9.98. The van der Waals surface area contributed by atoms with Crippen molar-refractivity contribution in [1.29, 1.82) is 0 Å². The predicted molar refractivity (Wildman–Crippen MR) is 88.1 cm³/mol. The summed E-state index contributed by atoms with van der Waals surface area (Å²) < 4.78 is 0. The van der Waals surface area contributed by atoms with E-state index < -0.39 is 17.5 Å². The van der Waals surface area contributed by atoms with Crippen LogP contribution in [-0.4, -0.2) is 27.6 Å².